The highest BCUT2D eigenvalue weighted by atomic mass is 35.5. The lowest BCUT2D eigenvalue weighted by molar-refractivity contribution is -0.117. The lowest BCUT2D eigenvalue weighted by Gasteiger charge is -2.30. The smallest absolute Gasteiger partial charge is 0.248 e. The van der Waals surface area contributed by atoms with Gasteiger partial charge in [-0.25, -0.2) is 8.42 Å². The third-order valence-electron chi connectivity index (χ3n) is 3.89. The quantitative estimate of drug-likeness (QED) is 0.685. The molecule has 0 aromatic heterocycles. The Labute approximate surface area is 171 Å². The summed E-state index contributed by atoms with van der Waals surface area (Å²) in [5.74, 6) is 0.266. The number of benzene rings is 2. The van der Waals surface area contributed by atoms with Crippen LogP contribution in [0.4, 0.5) is 11.4 Å². The minimum atomic E-state index is -3.71. The molecule has 2 aromatic carbocycles. The van der Waals surface area contributed by atoms with Crippen molar-refractivity contribution >= 4 is 38.9 Å². The normalized spacial score (nSPS) is 12.5. The van der Waals surface area contributed by atoms with E-state index in [1.807, 2.05) is 13.8 Å². The number of anilines is 2. The number of amides is 1. The van der Waals surface area contributed by atoms with Crippen molar-refractivity contribution in [3.63, 3.8) is 0 Å². The van der Waals surface area contributed by atoms with Gasteiger partial charge in [-0.2, -0.15) is 0 Å². The second-order valence-corrected chi connectivity index (χ2v) is 8.94. The lowest BCUT2D eigenvalue weighted by atomic mass is 10.1. The van der Waals surface area contributed by atoms with E-state index in [4.69, 9.17) is 16.3 Å². The Morgan fingerprint density at radius 1 is 1.18 bits per heavy atom. The molecule has 0 aliphatic heterocycles. The monoisotopic (exact) mass is 424 g/mol. The van der Waals surface area contributed by atoms with Crippen molar-refractivity contribution < 1.29 is 17.9 Å². The van der Waals surface area contributed by atoms with E-state index in [-0.39, 0.29) is 6.10 Å². The van der Waals surface area contributed by atoms with Crippen molar-refractivity contribution in [2.75, 3.05) is 15.9 Å². The fourth-order valence-corrected chi connectivity index (χ4v) is 4.18. The molecule has 0 bridgehead atoms. The molecule has 1 atom stereocenters. The first-order chi connectivity index (χ1) is 13.1. The van der Waals surface area contributed by atoms with Gasteiger partial charge in [-0.1, -0.05) is 24.6 Å². The van der Waals surface area contributed by atoms with Crippen molar-refractivity contribution in [2.45, 2.75) is 39.3 Å². The van der Waals surface area contributed by atoms with Gasteiger partial charge in [-0.15, -0.1) is 0 Å². The fraction of sp³-hybridized carbons (Fsp3) is 0.350. The fourth-order valence-electron chi connectivity index (χ4n) is 2.79. The summed E-state index contributed by atoms with van der Waals surface area (Å²) in [7, 11) is -3.71. The molecule has 0 radical (unpaired) electrons. The predicted molar refractivity (Wildman–Crippen MR) is 114 cm³/mol. The number of nitrogens with one attached hydrogen (secondary N) is 1. The molecule has 0 spiro atoms. The van der Waals surface area contributed by atoms with E-state index in [2.05, 4.69) is 5.32 Å². The summed E-state index contributed by atoms with van der Waals surface area (Å²) < 4.78 is 31.6. The van der Waals surface area contributed by atoms with Gasteiger partial charge >= 0.3 is 0 Å². The van der Waals surface area contributed by atoms with Gasteiger partial charge in [0.15, 0.2) is 0 Å². The molecule has 1 N–H and O–H groups in total. The van der Waals surface area contributed by atoms with Gasteiger partial charge in [0.1, 0.15) is 11.8 Å². The van der Waals surface area contributed by atoms with Crippen LogP contribution in [0.2, 0.25) is 5.02 Å². The molecule has 152 valence electrons. The lowest BCUT2D eigenvalue weighted by Crippen LogP contribution is -2.47. The van der Waals surface area contributed by atoms with E-state index in [0.29, 0.717) is 28.6 Å². The zero-order valence-electron chi connectivity index (χ0n) is 16.3. The summed E-state index contributed by atoms with van der Waals surface area (Å²) in [5, 5.41) is 3.17. The molecular formula is C20H25ClN2O4S. The molecule has 6 nitrogen and oxygen atoms in total. The molecule has 0 aliphatic carbocycles. The van der Waals surface area contributed by atoms with Crippen molar-refractivity contribution in [2.24, 2.45) is 0 Å². The second-order valence-electron chi connectivity index (χ2n) is 6.64. The molecule has 1 unspecified atom stereocenters. The van der Waals surface area contributed by atoms with E-state index in [1.165, 1.54) is 6.07 Å². The second kappa shape index (κ2) is 9.30. The molecule has 2 aromatic rings. The third-order valence-corrected chi connectivity index (χ3v) is 5.30. The molecule has 0 saturated carbocycles. The topological polar surface area (TPSA) is 75.7 Å². The molecule has 0 heterocycles. The molecular weight excluding hydrogens is 400 g/mol. The predicted octanol–water partition coefficient (Wildman–Crippen LogP) is 4.31. The molecule has 0 fully saturated rings. The van der Waals surface area contributed by atoms with Gasteiger partial charge in [0.05, 0.1) is 18.0 Å². The number of halogens is 1. The van der Waals surface area contributed by atoms with Crippen molar-refractivity contribution in [1.82, 2.24) is 0 Å². The van der Waals surface area contributed by atoms with Crippen LogP contribution in [-0.4, -0.2) is 32.7 Å². The number of rotatable bonds is 8. The first kappa shape index (κ1) is 22.0. The minimum Gasteiger partial charge on any atom is -0.491 e. The number of hydrogen-bond donors (Lipinski definition) is 1. The van der Waals surface area contributed by atoms with Gasteiger partial charge < -0.3 is 10.1 Å². The zero-order valence-corrected chi connectivity index (χ0v) is 17.9. The van der Waals surface area contributed by atoms with Crippen molar-refractivity contribution in [3.05, 3.63) is 53.6 Å². The maximum atomic E-state index is 12.9. The van der Waals surface area contributed by atoms with Crippen LogP contribution in [-0.2, 0) is 14.8 Å². The summed E-state index contributed by atoms with van der Waals surface area (Å²) >= 11 is 6.01. The van der Waals surface area contributed by atoms with E-state index >= 15 is 0 Å². The number of carbonyl (C=O) groups excluding carboxylic acids is 1. The number of nitrogens with zero attached hydrogens (tertiary/aromatic N) is 1. The van der Waals surface area contributed by atoms with E-state index in [1.54, 1.807) is 49.4 Å². The highest BCUT2D eigenvalue weighted by molar-refractivity contribution is 7.92. The average Bonchev–Trinajstić information content (AvgIpc) is 2.59. The van der Waals surface area contributed by atoms with Crippen molar-refractivity contribution in [3.8, 4) is 5.75 Å². The summed E-state index contributed by atoms with van der Waals surface area (Å²) in [5.41, 5.74) is 0.900. The molecule has 0 saturated heterocycles. The zero-order chi connectivity index (χ0) is 20.9. The van der Waals surface area contributed by atoms with Crippen LogP contribution in [0.5, 0.6) is 5.75 Å². The molecule has 8 heteroatoms. The van der Waals surface area contributed by atoms with Gasteiger partial charge in [0.2, 0.25) is 15.9 Å². The van der Waals surface area contributed by atoms with Gasteiger partial charge in [-0.3, -0.25) is 9.10 Å². The summed E-state index contributed by atoms with van der Waals surface area (Å²) in [6.07, 6.45) is 1.41. The Hall–Kier alpha value is -2.25. The Morgan fingerprint density at radius 3 is 2.32 bits per heavy atom. The van der Waals surface area contributed by atoms with E-state index in [0.717, 1.165) is 10.6 Å². The molecule has 1 amide bonds. The Kier molecular flexibility index (Phi) is 7.32. The number of ether oxygens (including phenoxy) is 1. The van der Waals surface area contributed by atoms with Crippen LogP contribution in [0.3, 0.4) is 0 Å². The van der Waals surface area contributed by atoms with Gasteiger partial charge in [0.25, 0.3) is 0 Å². The SMILES string of the molecule is CCC(C(=O)Nc1ccc(OC(C)C)cc1)N(c1cccc(Cl)c1)S(C)(=O)=O. The maximum absolute atomic E-state index is 12.9. The first-order valence-electron chi connectivity index (χ1n) is 8.94. The highest BCUT2D eigenvalue weighted by Gasteiger charge is 2.31. The molecule has 2 rings (SSSR count). The number of sulfonamides is 1. The third kappa shape index (κ3) is 5.87. The highest BCUT2D eigenvalue weighted by Crippen LogP contribution is 2.26. The average molecular weight is 425 g/mol. The van der Waals surface area contributed by atoms with Gasteiger partial charge in [-0.05, 0) is 62.7 Å². The Bertz CT molecular complexity index is 914. The number of carbonyl (C=O) groups is 1. The molecule has 28 heavy (non-hydrogen) atoms. The standard InChI is InChI=1S/C20H25ClN2O4S/c1-5-19(23(28(4,25)26)17-8-6-7-15(21)13-17)20(24)22-16-9-11-18(12-10-16)27-14(2)3/h6-14,19H,5H2,1-4H3,(H,22,24). The van der Waals surface area contributed by atoms with E-state index in [9.17, 15) is 13.2 Å². The van der Waals surface area contributed by atoms with Crippen LogP contribution in [0, 0.1) is 0 Å². The van der Waals surface area contributed by atoms with Crippen LogP contribution < -0.4 is 14.4 Å². The molecule has 0 aliphatic rings. The van der Waals surface area contributed by atoms with E-state index < -0.39 is 22.0 Å². The van der Waals surface area contributed by atoms with Crippen LogP contribution in [0.25, 0.3) is 0 Å². The maximum Gasteiger partial charge on any atom is 0.248 e. The largest absolute Gasteiger partial charge is 0.491 e. The number of hydrogen-bond acceptors (Lipinski definition) is 4. The Morgan fingerprint density at radius 2 is 1.82 bits per heavy atom. The summed E-state index contributed by atoms with van der Waals surface area (Å²) in [6.45, 7) is 5.61. The van der Waals surface area contributed by atoms with Crippen molar-refractivity contribution in [1.29, 1.82) is 0 Å². The summed E-state index contributed by atoms with van der Waals surface area (Å²) in [6, 6.07) is 12.4. The van der Waals surface area contributed by atoms with Crippen LogP contribution in [0.1, 0.15) is 27.2 Å². The summed E-state index contributed by atoms with van der Waals surface area (Å²) in [4.78, 5) is 12.9. The Balaban J connectivity index is 2.26. The van der Waals surface area contributed by atoms with Crippen LogP contribution >= 0.6 is 11.6 Å². The van der Waals surface area contributed by atoms with Crippen LogP contribution in [0.15, 0.2) is 48.5 Å². The van der Waals surface area contributed by atoms with Gasteiger partial charge in [0, 0.05) is 10.7 Å². The minimum absolute atomic E-state index is 0.0472. The first-order valence-corrected chi connectivity index (χ1v) is 11.2.